The first kappa shape index (κ1) is 14.1. The third-order valence-electron chi connectivity index (χ3n) is 2.73. The van der Waals surface area contributed by atoms with Gasteiger partial charge >= 0.3 is 6.03 Å². The minimum absolute atomic E-state index is 0.0817. The average Bonchev–Trinajstić information content (AvgIpc) is 2.89. The largest absolute Gasteiger partial charge is 0.466 e. The van der Waals surface area contributed by atoms with Crippen LogP contribution < -0.4 is 11.1 Å². The number of amides is 2. The molecule has 1 aromatic carbocycles. The van der Waals surface area contributed by atoms with E-state index in [9.17, 15) is 13.2 Å². The predicted molar refractivity (Wildman–Crippen MR) is 72.5 cm³/mol. The summed E-state index contributed by atoms with van der Waals surface area (Å²) >= 11 is 0. The summed E-state index contributed by atoms with van der Waals surface area (Å²) in [5.41, 5.74) is 5.97. The van der Waals surface area contributed by atoms with Crippen molar-refractivity contribution < 1.29 is 17.6 Å². The molecule has 1 aromatic heterocycles. The first-order chi connectivity index (χ1) is 9.41. The maximum Gasteiger partial charge on any atom is 0.313 e. The van der Waals surface area contributed by atoms with Crippen molar-refractivity contribution in [2.75, 3.05) is 0 Å². The highest BCUT2D eigenvalue weighted by molar-refractivity contribution is 7.91. The summed E-state index contributed by atoms with van der Waals surface area (Å²) in [7, 11) is -3.84. The molecule has 6 nitrogen and oxygen atoms in total. The fourth-order valence-corrected chi connectivity index (χ4v) is 3.23. The van der Waals surface area contributed by atoms with Crippen LogP contribution in [0.2, 0.25) is 0 Å². The van der Waals surface area contributed by atoms with Gasteiger partial charge in [-0.25, -0.2) is 13.2 Å². The predicted octanol–water partition coefficient (Wildman–Crippen LogP) is 1.73. The second-order valence-corrected chi connectivity index (χ2v) is 6.29. The summed E-state index contributed by atoms with van der Waals surface area (Å²) in [6, 6.07) is 8.36. The number of rotatable bonds is 4. The normalized spacial score (nSPS) is 12.8. The van der Waals surface area contributed by atoms with E-state index in [0.29, 0.717) is 0 Å². The molecule has 0 aliphatic heterocycles. The zero-order chi connectivity index (χ0) is 14.8. The van der Waals surface area contributed by atoms with Gasteiger partial charge in [0.2, 0.25) is 9.84 Å². The van der Waals surface area contributed by atoms with Crippen molar-refractivity contribution in [1.82, 2.24) is 5.32 Å². The summed E-state index contributed by atoms with van der Waals surface area (Å²) in [4.78, 5) is 11.1. The van der Waals surface area contributed by atoms with Gasteiger partial charge in [0.05, 0.1) is 11.2 Å². The monoisotopic (exact) mass is 294 g/mol. The number of aryl methyl sites for hydroxylation is 1. The maximum atomic E-state index is 12.5. The van der Waals surface area contributed by atoms with E-state index < -0.39 is 21.2 Å². The SMILES string of the molecule is Cc1ccc(S(=O)(=O)C(NC(N)=O)c2ccco2)cc1. The second kappa shape index (κ2) is 5.38. The fraction of sp³-hybridized carbons (Fsp3) is 0.154. The number of urea groups is 1. The molecule has 0 fully saturated rings. The number of furan rings is 1. The summed E-state index contributed by atoms with van der Waals surface area (Å²) in [5, 5.41) is 0.843. The van der Waals surface area contributed by atoms with E-state index in [2.05, 4.69) is 5.32 Å². The Morgan fingerprint density at radius 3 is 2.40 bits per heavy atom. The van der Waals surface area contributed by atoms with Gasteiger partial charge in [-0.05, 0) is 31.2 Å². The van der Waals surface area contributed by atoms with Crippen molar-refractivity contribution in [2.45, 2.75) is 17.2 Å². The van der Waals surface area contributed by atoms with Crippen molar-refractivity contribution in [3.63, 3.8) is 0 Å². The summed E-state index contributed by atoms with van der Waals surface area (Å²) in [6.07, 6.45) is 1.33. The molecule has 0 bridgehead atoms. The standard InChI is InChI=1S/C13H14N2O4S/c1-9-4-6-10(7-5-9)20(17,18)12(15-13(14)16)11-3-2-8-19-11/h2-8,12H,1H3,(H3,14,15,16). The number of nitrogens with one attached hydrogen (secondary N) is 1. The topological polar surface area (TPSA) is 102 Å². The molecule has 20 heavy (non-hydrogen) atoms. The highest BCUT2D eigenvalue weighted by atomic mass is 32.2. The number of hydrogen-bond acceptors (Lipinski definition) is 4. The van der Waals surface area contributed by atoms with Gasteiger partial charge in [0.1, 0.15) is 5.76 Å². The third kappa shape index (κ3) is 2.83. The zero-order valence-corrected chi connectivity index (χ0v) is 11.6. The lowest BCUT2D eigenvalue weighted by molar-refractivity contribution is 0.246. The Morgan fingerprint density at radius 2 is 1.90 bits per heavy atom. The number of primary amides is 1. The van der Waals surface area contributed by atoms with Crippen LogP contribution in [-0.4, -0.2) is 14.4 Å². The van der Waals surface area contributed by atoms with Crippen LogP contribution >= 0.6 is 0 Å². The van der Waals surface area contributed by atoms with E-state index in [1.807, 2.05) is 6.92 Å². The Kier molecular flexibility index (Phi) is 3.80. The number of sulfone groups is 1. The van der Waals surface area contributed by atoms with E-state index in [1.54, 1.807) is 12.1 Å². The molecule has 2 amide bonds. The molecule has 106 valence electrons. The second-order valence-electron chi connectivity index (χ2n) is 4.26. The van der Waals surface area contributed by atoms with E-state index >= 15 is 0 Å². The molecule has 0 saturated heterocycles. The van der Waals surface area contributed by atoms with Crippen LogP contribution in [-0.2, 0) is 9.84 Å². The Labute approximate surface area is 116 Å². The first-order valence-electron chi connectivity index (χ1n) is 5.81. The van der Waals surface area contributed by atoms with Crippen molar-refractivity contribution in [2.24, 2.45) is 5.73 Å². The fourth-order valence-electron chi connectivity index (χ4n) is 1.74. The molecule has 0 aliphatic rings. The van der Waals surface area contributed by atoms with E-state index in [4.69, 9.17) is 10.2 Å². The minimum atomic E-state index is -3.84. The van der Waals surface area contributed by atoms with Gasteiger partial charge in [-0.2, -0.15) is 0 Å². The van der Waals surface area contributed by atoms with Crippen molar-refractivity contribution >= 4 is 15.9 Å². The van der Waals surface area contributed by atoms with Gasteiger partial charge in [0, 0.05) is 0 Å². The highest BCUT2D eigenvalue weighted by Crippen LogP contribution is 2.27. The van der Waals surface area contributed by atoms with Crippen molar-refractivity contribution in [3.05, 3.63) is 54.0 Å². The van der Waals surface area contributed by atoms with Crippen molar-refractivity contribution in [3.8, 4) is 0 Å². The van der Waals surface area contributed by atoms with Gasteiger partial charge in [-0.15, -0.1) is 0 Å². The van der Waals surface area contributed by atoms with Crippen molar-refractivity contribution in [1.29, 1.82) is 0 Å². The Bertz CT molecular complexity index is 690. The summed E-state index contributed by atoms with van der Waals surface area (Å²) in [6.45, 7) is 1.85. The summed E-state index contributed by atoms with van der Waals surface area (Å²) < 4.78 is 30.2. The molecular weight excluding hydrogens is 280 g/mol. The number of hydrogen-bond donors (Lipinski definition) is 2. The first-order valence-corrected chi connectivity index (χ1v) is 7.36. The third-order valence-corrected chi connectivity index (χ3v) is 4.63. The quantitative estimate of drug-likeness (QED) is 0.896. The van der Waals surface area contributed by atoms with E-state index in [-0.39, 0.29) is 10.7 Å². The molecule has 1 unspecified atom stereocenters. The number of nitrogens with two attached hydrogens (primary N) is 1. The molecule has 0 saturated carbocycles. The molecule has 1 atom stereocenters. The Balaban J connectivity index is 2.46. The van der Waals surface area contributed by atoms with Crippen LogP contribution in [0.4, 0.5) is 4.79 Å². The Hall–Kier alpha value is -2.28. The van der Waals surface area contributed by atoms with Crippen LogP contribution in [0.25, 0.3) is 0 Å². The van der Waals surface area contributed by atoms with Gasteiger partial charge in [-0.1, -0.05) is 17.7 Å². The van der Waals surface area contributed by atoms with Crippen LogP contribution in [0.5, 0.6) is 0 Å². The van der Waals surface area contributed by atoms with Gasteiger partial charge < -0.3 is 15.5 Å². The van der Waals surface area contributed by atoms with Gasteiger partial charge in [-0.3, -0.25) is 0 Å². The average molecular weight is 294 g/mol. The molecule has 7 heteroatoms. The molecule has 1 heterocycles. The molecule has 2 aromatic rings. The molecular formula is C13H14N2O4S. The van der Waals surface area contributed by atoms with E-state index in [0.717, 1.165) is 5.56 Å². The molecule has 3 N–H and O–H groups in total. The Morgan fingerprint density at radius 1 is 1.25 bits per heavy atom. The van der Waals surface area contributed by atoms with Gasteiger partial charge in [0.15, 0.2) is 5.37 Å². The van der Waals surface area contributed by atoms with Crippen LogP contribution in [0.1, 0.15) is 16.7 Å². The molecule has 0 radical (unpaired) electrons. The maximum absolute atomic E-state index is 12.5. The number of carbonyl (C=O) groups is 1. The van der Waals surface area contributed by atoms with Gasteiger partial charge in [0.25, 0.3) is 0 Å². The minimum Gasteiger partial charge on any atom is -0.466 e. The molecule has 2 rings (SSSR count). The number of benzene rings is 1. The lowest BCUT2D eigenvalue weighted by atomic mass is 10.2. The highest BCUT2D eigenvalue weighted by Gasteiger charge is 2.32. The smallest absolute Gasteiger partial charge is 0.313 e. The van der Waals surface area contributed by atoms with Crippen LogP contribution in [0.3, 0.4) is 0 Å². The van der Waals surface area contributed by atoms with E-state index in [1.165, 1.54) is 30.5 Å². The van der Waals surface area contributed by atoms with Crippen LogP contribution in [0.15, 0.2) is 52.0 Å². The summed E-state index contributed by atoms with van der Waals surface area (Å²) in [5.74, 6) is 0.101. The number of carbonyl (C=O) groups excluding carboxylic acids is 1. The zero-order valence-electron chi connectivity index (χ0n) is 10.7. The van der Waals surface area contributed by atoms with Crippen LogP contribution in [0, 0.1) is 6.92 Å². The lowest BCUT2D eigenvalue weighted by Gasteiger charge is -2.16. The molecule has 0 aliphatic carbocycles. The lowest BCUT2D eigenvalue weighted by Crippen LogP contribution is -2.37. The molecule has 0 spiro atoms.